The Kier molecular flexibility index (Phi) is 3.57. The van der Waals surface area contributed by atoms with Crippen LogP contribution in [-0.4, -0.2) is 30.8 Å². The quantitative estimate of drug-likeness (QED) is 0.771. The van der Waals surface area contributed by atoms with Crippen LogP contribution in [0.25, 0.3) is 0 Å². The molecule has 5 heteroatoms. The fourth-order valence-electron chi connectivity index (χ4n) is 1.84. The Morgan fingerprint density at radius 2 is 2.06 bits per heavy atom. The van der Waals surface area contributed by atoms with Crippen molar-refractivity contribution in [3.63, 3.8) is 0 Å². The van der Waals surface area contributed by atoms with Crippen molar-refractivity contribution in [3.8, 4) is 0 Å². The molecule has 4 nitrogen and oxygen atoms in total. The average Bonchev–Trinajstić information content (AvgIpc) is 2.16. The van der Waals surface area contributed by atoms with Gasteiger partial charge in [0.2, 0.25) is 11.8 Å². The summed E-state index contributed by atoms with van der Waals surface area (Å²) in [6.07, 6.45) is 5.07. The Morgan fingerprint density at radius 3 is 2.44 bits per heavy atom. The van der Waals surface area contributed by atoms with E-state index >= 15 is 0 Å². The number of rotatable bonds is 2. The number of halogens is 1. The minimum Gasteiger partial charge on any atom is -0.368 e. The normalized spacial score (nSPS) is 28.5. The number of carbonyl (C=O) groups is 2. The summed E-state index contributed by atoms with van der Waals surface area (Å²) in [5.74, 6) is -1.18. The molecule has 0 saturated carbocycles. The van der Waals surface area contributed by atoms with Gasteiger partial charge in [0.05, 0.1) is 0 Å². The SMILES string of the molecule is CC1C=C(Br)C=CC1(C(N)=O)C(=O)N(C)C. The molecule has 2 unspecified atom stereocenters. The van der Waals surface area contributed by atoms with Crippen LogP contribution in [0.5, 0.6) is 0 Å². The maximum Gasteiger partial charge on any atom is 0.242 e. The van der Waals surface area contributed by atoms with Crippen LogP contribution in [0.1, 0.15) is 6.92 Å². The summed E-state index contributed by atoms with van der Waals surface area (Å²) in [5.41, 5.74) is 4.13. The average molecular weight is 287 g/mol. The van der Waals surface area contributed by atoms with Gasteiger partial charge in [-0.1, -0.05) is 41.1 Å². The molecule has 0 aliphatic heterocycles. The van der Waals surface area contributed by atoms with E-state index in [1.165, 1.54) is 4.90 Å². The summed E-state index contributed by atoms with van der Waals surface area (Å²) in [5, 5.41) is 0. The number of primary amides is 1. The van der Waals surface area contributed by atoms with Crippen LogP contribution in [0, 0.1) is 11.3 Å². The predicted molar refractivity (Wildman–Crippen MR) is 65.6 cm³/mol. The molecular weight excluding hydrogens is 272 g/mol. The van der Waals surface area contributed by atoms with Crippen LogP contribution in [0.2, 0.25) is 0 Å². The van der Waals surface area contributed by atoms with E-state index in [9.17, 15) is 9.59 Å². The summed E-state index contributed by atoms with van der Waals surface area (Å²) in [6.45, 7) is 1.80. The Labute approximate surface area is 103 Å². The zero-order valence-corrected chi connectivity index (χ0v) is 11.1. The monoisotopic (exact) mass is 286 g/mol. The highest BCUT2D eigenvalue weighted by molar-refractivity contribution is 9.11. The minimum absolute atomic E-state index is 0.265. The maximum atomic E-state index is 12.1. The molecule has 1 aliphatic rings. The van der Waals surface area contributed by atoms with Gasteiger partial charge in [0.25, 0.3) is 0 Å². The van der Waals surface area contributed by atoms with E-state index in [1.54, 1.807) is 33.2 Å². The largest absolute Gasteiger partial charge is 0.368 e. The van der Waals surface area contributed by atoms with Crippen molar-refractivity contribution in [3.05, 3.63) is 22.7 Å². The number of amides is 2. The van der Waals surface area contributed by atoms with Crippen molar-refractivity contribution < 1.29 is 9.59 Å². The fourth-order valence-corrected chi connectivity index (χ4v) is 2.37. The molecule has 0 fully saturated rings. The van der Waals surface area contributed by atoms with Crippen LogP contribution in [0.15, 0.2) is 22.7 Å². The number of nitrogens with two attached hydrogens (primary N) is 1. The third kappa shape index (κ3) is 1.91. The summed E-state index contributed by atoms with van der Waals surface area (Å²) in [6, 6.07) is 0. The van der Waals surface area contributed by atoms with E-state index in [0.29, 0.717) is 0 Å². The van der Waals surface area contributed by atoms with E-state index in [-0.39, 0.29) is 11.8 Å². The van der Waals surface area contributed by atoms with Crippen LogP contribution in [0.3, 0.4) is 0 Å². The zero-order chi connectivity index (χ0) is 12.5. The molecule has 0 spiro atoms. The van der Waals surface area contributed by atoms with Crippen LogP contribution < -0.4 is 5.73 Å². The first-order chi connectivity index (χ1) is 7.32. The lowest BCUT2D eigenvalue weighted by molar-refractivity contribution is -0.146. The van der Waals surface area contributed by atoms with Gasteiger partial charge in [-0.25, -0.2) is 0 Å². The molecule has 0 aromatic rings. The predicted octanol–water partition coefficient (Wildman–Crippen LogP) is 1.03. The van der Waals surface area contributed by atoms with Crippen molar-refractivity contribution in [2.45, 2.75) is 6.92 Å². The van der Waals surface area contributed by atoms with Gasteiger partial charge in [-0.3, -0.25) is 9.59 Å². The summed E-state index contributed by atoms with van der Waals surface area (Å²) < 4.78 is 0.850. The lowest BCUT2D eigenvalue weighted by atomic mass is 9.72. The molecule has 0 aromatic carbocycles. The molecule has 88 valence electrons. The van der Waals surface area contributed by atoms with Gasteiger partial charge in [0, 0.05) is 24.5 Å². The second-order valence-corrected chi connectivity index (χ2v) is 5.02. The van der Waals surface area contributed by atoms with E-state index in [2.05, 4.69) is 15.9 Å². The summed E-state index contributed by atoms with van der Waals surface area (Å²) >= 11 is 3.31. The van der Waals surface area contributed by atoms with Crippen molar-refractivity contribution in [1.29, 1.82) is 0 Å². The summed E-state index contributed by atoms with van der Waals surface area (Å²) in [4.78, 5) is 25.1. The van der Waals surface area contributed by atoms with Gasteiger partial charge in [0.1, 0.15) is 0 Å². The second kappa shape index (κ2) is 4.41. The Hall–Kier alpha value is -1.10. The molecule has 0 bridgehead atoms. The van der Waals surface area contributed by atoms with Gasteiger partial charge in [-0.2, -0.15) is 0 Å². The van der Waals surface area contributed by atoms with E-state index in [0.717, 1.165) is 4.48 Å². The molecule has 16 heavy (non-hydrogen) atoms. The Morgan fingerprint density at radius 1 is 1.50 bits per heavy atom. The first kappa shape index (κ1) is 13.0. The molecule has 2 amide bonds. The standard InChI is InChI=1S/C11H15BrN2O2/c1-7-6-8(12)4-5-11(7,9(13)15)10(16)14(2)3/h4-7H,1-3H3,(H2,13,15). The van der Waals surface area contributed by atoms with Gasteiger partial charge >= 0.3 is 0 Å². The highest BCUT2D eigenvalue weighted by Gasteiger charge is 2.48. The third-order valence-corrected chi connectivity index (χ3v) is 3.33. The Balaban J connectivity index is 3.25. The van der Waals surface area contributed by atoms with Crippen LogP contribution in [-0.2, 0) is 9.59 Å². The van der Waals surface area contributed by atoms with Crippen molar-refractivity contribution in [2.75, 3.05) is 14.1 Å². The highest BCUT2D eigenvalue weighted by atomic mass is 79.9. The topological polar surface area (TPSA) is 63.4 Å². The van der Waals surface area contributed by atoms with E-state index < -0.39 is 11.3 Å². The number of hydrogen-bond acceptors (Lipinski definition) is 2. The molecule has 0 radical (unpaired) electrons. The number of carbonyl (C=O) groups excluding carboxylic acids is 2. The molecule has 2 N–H and O–H groups in total. The number of allylic oxidation sites excluding steroid dienone is 3. The smallest absolute Gasteiger partial charge is 0.242 e. The fraction of sp³-hybridized carbons (Fsp3) is 0.455. The first-order valence-electron chi connectivity index (χ1n) is 4.90. The van der Waals surface area contributed by atoms with E-state index in [4.69, 9.17) is 5.73 Å². The first-order valence-corrected chi connectivity index (χ1v) is 5.70. The lowest BCUT2D eigenvalue weighted by Crippen LogP contribution is -2.52. The minimum atomic E-state index is -1.26. The van der Waals surface area contributed by atoms with Gasteiger partial charge < -0.3 is 10.6 Å². The van der Waals surface area contributed by atoms with Crippen LogP contribution in [0.4, 0.5) is 0 Å². The molecular formula is C11H15BrN2O2. The van der Waals surface area contributed by atoms with E-state index in [1.807, 2.05) is 6.08 Å². The molecule has 2 atom stereocenters. The van der Waals surface area contributed by atoms with Crippen molar-refractivity contribution in [2.24, 2.45) is 17.1 Å². The van der Waals surface area contributed by atoms with Crippen LogP contribution >= 0.6 is 15.9 Å². The molecule has 1 rings (SSSR count). The van der Waals surface area contributed by atoms with Crippen molar-refractivity contribution >= 4 is 27.7 Å². The molecule has 0 aromatic heterocycles. The molecule has 0 saturated heterocycles. The zero-order valence-electron chi connectivity index (χ0n) is 9.53. The number of nitrogens with zero attached hydrogens (tertiary/aromatic N) is 1. The highest BCUT2D eigenvalue weighted by Crippen LogP contribution is 2.37. The Bertz CT molecular complexity index is 387. The van der Waals surface area contributed by atoms with Gasteiger partial charge in [-0.05, 0) is 0 Å². The molecule has 1 aliphatic carbocycles. The van der Waals surface area contributed by atoms with Gasteiger partial charge in [0.15, 0.2) is 5.41 Å². The second-order valence-electron chi connectivity index (χ2n) is 4.11. The van der Waals surface area contributed by atoms with Gasteiger partial charge in [-0.15, -0.1) is 0 Å². The molecule has 0 heterocycles. The third-order valence-electron chi connectivity index (χ3n) is 2.80. The number of hydrogen-bond donors (Lipinski definition) is 1. The summed E-state index contributed by atoms with van der Waals surface area (Å²) in [7, 11) is 3.22. The lowest BCUT2D eigenvalue weighted by Gasteiger charge is -2.34. The maximum absolute atomic E-state index is 12.1. The van der Waals surface area contributed by atoms with Crippen molar-refractivity contribution in [1.82, 2.24) is 4.90 Å².